The summed E-state index contributed by atoms with van der Waals surface area (Å²) in [7, 11) is 0. The molecule has 0 spiro atoms. The van der Waals surface area contributed by atoms with Crippen LogP contribution in [0.5, 0.6) is 0 Å². The summed E-state index contributed by atoms with van der Waals surface area (Å²) >= 11 is 0. The van der Waals surface area contributed by atoms with E-state index < -0.39 is 17.9 Å². The Labute approximate surface area is 80.8 Å². The van der Waals surface area contributed by atoms with Crippen LogP contribution in [0.1, 0.15) is 18.1 Å². The molecule has 4 heteroatoms. The van der Waals surface area contributed by atoms with Crippen molar-refractivity contribution in [2.45, 2.75) is 12.5 Å². The summed E-state index contributed by atoms with van der Waals surface area (Å²) in [4.78, 5) is 21.0. The van der Waals surface area contributed by atoms with Crippen LogP contribution in [0, 0.1) is 0 Å². The van der Waals surface area contributed by atoms with Gasteiger partial charge in [-0.25, -0.2) is 4.79 Å². The van der Waals surface area contributed by atoms with Crippen molar-refractivity contribution in [1.29, 1.82) is 0 Å². The molecule has 1 rings (SSSR count). The van der Waals surface area contributed by atoms with Gasteiger partial charge in [-0.1, -0.05) is 30.3 Å². The fourth-order valence-corrected chi connectivity index (χ4v) is 1.06. The van der Waals surface area contributed by atoms with Gasteiger partial charge in [0.25, 0.3) is 0 Å². The summed E-state index contributed by atoms with van der Waals surface area (Å²) in [5.74, 6) is -2.50. The van der Waals surface area contributed by atoms with Gasteiger partial charge in [0.2, 0.25) is 5.78 Å². The molecular weight excluding hydrogens is 184 g/mol. The minimum absolute atomic E-state index is 0.390. The van der Waals surface area contributed by atoms with Gasteiger partial charge in [0.15, 0.2) is 0 Å². The van der Waals surface area contributed by atoms with Gasteiger partial charge >= 0.3 is 5.97 Å². The van der Waals surface area contributed by atoms with E-state index in [1.54, 1.807) is 30.3 Å². The fourth-order valence-electron chi connectivity index (χ4n) is 1.06. The maximum absolute atomic E-state index is 10.8. The summed E-state index contributed by atoms with van der Waals surface area (Å²) in [6.45, 7) is 0. The molecule has 4 nitrogen and oxygen atoms in total. The SMILES string of the molecule is O=C(O)C(=O)C[C@@H](O)c1ccccc1. The quantitative estimate of drug-likeness (QED) is 0.694. The fraction of sp³-hybridized carbons (Fsp3) is 0.200. The van der Waals surface area contributed by atoms with E-state index in [1.165, 1.54) is 0 Å². The second kappa shape index (κ2) is 4.53. The average Bonchev–Trinajstić information content (AvgIpc) is 2.19. The molecule has 0 bridgehead atoms. The van der Waals surface area contributed by atoms with Gasteiger partial charge in [0, 0.05) is 6.42 Å². The maximum atomic E-state index is 10.8. The minimum atomic E-state index is -1.51. The van der Waals surface area contributed by atoms with Crippen molar-refractivity contribution >= 4 is 11.8 Å². The van der Waals surface area contributed by atoms with Crippen LogP contribution in [0.4, 0.5) is 0 Å². The Hall–Kier alpha value is -1.68. The molecule has 0 saturated carbocycles. The largest absolute Gasteiger partial charge is 0.475 e. The van der Waals surface area contributed by atoms with Gasteiger partial charge in [-0.15, -0.1) is 0 Å². The van der Waals surface area contributed by atoms with E-state index in [1.807, 2.05) is 0 Å². The van der Waals surface area contributed by atoms with Gasteiger partial charge in [0.1, 0.15) is 0 Å². The Balaban J connectivity index is 2.64. The van der Waals surface area contributed by atoms with Gasteiger partial charge in [0.05, 0.1) is 6.10 Å². The topological polar surface area (TPSA) is 74.6 Å². The molecule has 1 atom stereocenters. The molecule has 0 aliphatic heterocycles. The number of carbonyl (C=O) groups excluding carboxylic acids is 1. The van der Waals surface area contributed by atoms with E-state index in [9.17, 15) is 14.7 Å². The van der Waals surface area contributed by atoms with E-state index in [4.69, 9.17) is 5.11 Å². The normalized spacial score (nSPS) is 12.1. The lowest BCUT2D eigenvalue weighted by Crippen LogP contribution is -2.15. The number of carboxylic acids is 1. The van der Waals surface area contributed by atoms with E-state index in [2.05, 4.69) is 0 Å². The zero-order valence-electron chi connectivity index (χ0n) is 7.38. The van der Waals surface area contributed by atoms with Crippen molar-refractivity contribution in [2.24, 2.45) is 0 Å². The van der Waals surface area contributed by atoms with Crippen molar-refractivity contribution in [1.82, 2.24) is 0 Å². The van der Waals surface area contributed by atoms with Gasteiger partial charge in [-0.3, -0.25) is 4.79 Å². The zero-order chi connectivity index (χ0) is 10.6. The summed E-state index contributed by atoms with van der Waals surface area (Å²) in [5, 5.41) is 17.8. The monoisotopic (exact) mass is 194 g/mol. The molecule has 14 heavy (non-hydrogen) atoms. The predicted molar refractivity (Wildman–Crippen MR) is 48.7 cm³/mol. The molecular formula is C10H10O4. The number of aliphatic hydroxyl groups excluding tert-OH is 1. The summed E-state index contributed by atoms with van der Waals surface area (Å²) in [6.07, 6.45) is -1.43. The van der Waals surface area contributed by atoms with Crippen LogP contribution in [-0.2, 0) is 9.59 Å². The van der Waals surface area contributed by atoms with Crippen LogP contribution in [0.2, 0.25) is 0 Å². The molecule has 0 heterocycles. The van der Waals surface area contributed by atoms with Crippen molar-refractivity contribution < 1.29 is 19.8 Å². The first-order valence-electron chi connectivity index (χ1n) is 4.10. The van der Waals surface area contributed by atoms with Crippen molar-refractivity contribution in [3.63, 3.8) is 0 Å². The van der Waals surface area contributed by atoms with E-state index in [0.29, 0.717) is 5.56 Å². The average molecular weight is 194 g/mol. The maximum Gasteiger partial charge on any atom is 0.372 e. The van der Waals surface area contributed by atoms with Crippen LogP contribution in [-0.4, -0.2) is 22.0 Å². The second-order valence-corrected chi connectivity index (χ2v) is 2.86. The number of Topliss-reactive ketones (excluding diaryl/α,β-unsaturated/α-hetero) is 1. The van der Waals surface area contributed by atoms with Gasteiger partial charge in [-0.2, -0.15) is 0 Å². The van der Waals surface area contributed by atoms with E-state index >= 15 is 0 Å². The van der Waals surface area contributed by atoms with Crippen molar-refractivity contribution in [3.8, 4) is 0 Å². The van der Waals surface area contributed by atoms with Crippen molar-refractivity contribution in [3.05, 3.63) is 35.9 Å². The van der Waals surface area contributed by atoms with Crippen LogP contribution in [0.25, 0.3) is 0 Å². The number of benzene rings is 1. The van der Waals surface area contributed by atoms with Crippen LogP contribution < -0.4 is 0 Å². The number of carboxylic acid groups (broad SMARTS) is 1. The molecule has 1 aromatic carbocycles. The predicted octanol–water partition coefficient (Wildman–Crippen LogP) is 0.764. The molecule has 0 fully saturated rings. The summed E-state index contributed by atoms with van der Waals surface area (Å²) in [6, 6.07) is 8.47. The minimum Gasteiger partial charge on any atom is -0.475 e. The number of rotatable bonds is 4. The second-order valence-electron chi connectivity index (χ2n) is 2.86. The summed E-state index contributed by atoms with van der Waals surface area (Å²) < 4.78 is 0. The molecule has 1 aromatic rings. The molecule has 0 aliphatic rings. The Bertz CT molecular complexity index is 331. The lowest BCUT2D eigenvalue weighted by atomic mass is 10.0. The molecule has 0 radical (unpaired) electrons. The van der Waals surface area contributed by atoms with Crippen molar-refractivity contribution in [2.75, 3.05) is 0 Å². The van der Waals surface area contributed by atoms with Crippen LogP contribution >= 0.6 is 0 Å². The van der Waals surface area contributed by atoms with Crippen LogP contribution in [0.3, 0.4) is 0 Å². The highest BCUT2D eigenvalue weighted by Crippen LogP contribution is 2.15. The number of aliphatic carboxylic acids is 1. The molecule has 2 N–H and O–H groups in total. The Kier molecular flexibility index (Phi) is 3.36. The summed E-state index contributed by atoms with van der Waals surface area (Å²) in [5.41, 5.74) is 0.544. The highest BCUT2D eigenvalue weighted by molar-refractivity contribution is 6.32. The number of hydrogen-bond donors (Lipinski definition) is 2. The number of carbonyl (C=O) groups is 2. The smallest absolute Gasteiger partial charge is 0.372 e. The number of ketones is 1. The highest BCUT2D eigenvalue weighted by Gasteiger charge is 2.17. The molecule has 0 amide bonds. The lowest BCUT2D eigenvalue weighted by Gasteiger charge is -2.07. The van der Waals surface area contributed by atoms with Crippen LogP contribution in [0.15, 0.2) is 30.3 Å². The third kappa shape index (κ3) is 2.67. The number of aliphatic hydroxyl groups is 1. The molecule has 0 unspecified atom stereocenters. The highest BCUT2D eigenvalue weighted by atomic mass is 16.4. The van der Waals surface area contributed by atoms with Gasteiger partial charge < -0.3 is 10.2 Å². The molecule has 0 saturated heterocycles. The standard InChI is InChI=1S/C10H10O4/c11-8(6-9(12)10(13)14)7-4-2-1-3-5-7/h1-5,8,11H,6H2,(H,13,14)/t8-/m1/s1. The lowest BCUT2D eigenvalue weighted by molar-refractivity contribution is -0.150. The number of hydrogen-bond acceptors (Lipinski definition) is 3. The third-order valence-electron chi connectivity index (χ3n) is 1.80. The first-order chi connectivity index (χ1) is 6.61. The third-order valence-corrected chi connectivity index (χ3v) is 1.80. The Morgan fingerprint density at radius 3 is 2.29 bits per heavy atom. The zero-order valence-corrected chi connectivity index (χ0v) is 7.38. The molecule has 0 aliphatic carbocycles. The molecule has 0 aromatic heterocycles. The Morgan fingerprint density at radius 2 is 1.79 bits per heavy atom. The van der Waals surface area contributed by atoms with E-state index in [-0.39, 0.29) is 6.42 Å². The molecule has 74 valence electrons. The van der Waals surface area contributed by atoms with E-state index in [0.717, 1.165) is 0 Å². The van der Waals surface area contributed by atoms with Gasteiger partial charge in [-0.05, 0) is 5.56 Å². The first kappa shape index (κ1) is 10.4. The first-order valence-corrected chi connectivity index (χ1v) is 4.10. The Morgan fingerprint density at radius 1 is 1.21 bits per heavy atom.